The average Bonchev–Trinajstić information content (AvgIpc) is 3.21. The summed E-state index contributed by atoms with van der Waals surface area (Å²) < 4.78 is 16.8. The third-order valence-corrected chi connectivity index (χ3v) is 4.43. The zero-order chi connectivity index (χ0) is 17.7. The molecule has 0 bridgehead atoms. The van der Waals surface area contributed by atoms with E-state index in [9.17, 15) is 9.18 Å². The lowest BCUT2D eigenvalue weighted by molar-refractivity contribution is 0.101. The number of ketones is 1. The molecule has 4 rings (SSSR count). The summed E-state index contributed by atoms with van der Waals surface area (Å²) in [6.45, 7) is 3.04. The van der Waals surface area contributed by atoms with Crippen molar-refractivity contribution in [2.24, 2.45) is 0 Å². The van der Waals surface area contributed by atoms with Gasteiger partial charge in [0, 0.05) is 24.2 Å². The van der Waals surface area contributed by atoms with Crippen LogP contribution in [0.25, 0.3) is 27.7 Å². The highest BCUT2D eigenvalue weighted by molar-refractivity contribution is 6.10. The number of aromatic nitrogens is 4. The summed E-state index contributed by atoms with van der Waals surface area (Å²) in [5.74, 6) is -0.0912. The summed E-state index contributed by atoms with van der Waals surface area (Å²) in [5, 5.41) is 10.5. The third kappa shape index (κ3) is 2.20. The van der Waals surface area contributed by atoms with Gasteiger partial charge in [-0.3, -0.25) is 9.89 Å². The Kier molecular flexibility index (Phi) is 3.31. The molecule has 0 aliphatic rings. The van der Waals surface area contributed by atoms with Crippen LogP contribution in [-0.2, 0) is 0 Å². The first-order chi connectivity index (χ1) is 12.0. The van der Waals surface area contributed by atoms with E-state index in [2.05, 4.69) is 20.5 Å². The van der Waals surface area contributed by atoms with Gasteiger partial charge in [0.25, 0.3) is 0 Å². The van der Waals surface area contributed by atoms with E-state index < -0.39 is 5.82 Å². The summed E-state index contributed by atoms with van der Waals surface area (Å²) in [6, 6.07) is 3.77. The molecular weight excluding hydrogens is 321 g/mol. The van der Waals surface area contributed by atoms with E-state index >= 15 is 0 Å². The van der Waals surface area contributed by atoms with Crippen molar-refractivity contribution in [2.45, 2.75) is 13.8 Å². The van der Waals surface area contributed by atoms with E-state index in [1.807, 2.05) is 28.9 Å². The number of halogens is 1. The molecule has 6 nitrogen and oxygen atoms in total. The number of benzene rings is 1. The van der Waals surface area contributed by atoms with Crippen molar-refractivity contribution in [3.63, 3.8) is 0 Å². The topological polar surface area (TPSA) is 75.1 Å². The summed E-state index contributed by atoms with van der Waals surface area (Å²) >= 11 is 0. The molecule has 126 valence electrons. The van der Waals surface area contributed by atoms with Gasteiger partial charge < -0.3 is 9.72 Å². The maximum Gasteiger partial charge on any atom is 0.164 e. The van der Waals surface area contributed by atoms with Crippen molar-refractivity contribution in [3.8, 4) is 11.1 Å². The molecule has 0 spiro atoms. The number of hydrogen-bond donors (Lipinski definition) is 2. The SMILES string of the molecule is CNc1cn2cc(-c3c(C)c(F)c(C(C)=O)c4[nH]ncc34)ccc2n1. The molecule has 2 N–H and O–H groups in total. The first-order valence-electron chi connectivity index (χ1n) is 7.84. The van der Waals surface area contributed by atoms with Gasteiger partial charge in [-0.25, -0.2) is 9.37 Å². The fourth-order valence-electron chi connectivity index (χ4n) is 3.24. The summed E-state index contributed by atoms with van der Waals surface area (Å²) in [4.78, 5) is 16.3. The van der Waals surface area contributed by atoms with Crippen LogP contribution in [0, 0.1) is 12.7 Å². The standard InChI is InChI=1S/C18H16FN5O/c1-9-15(11-4-5-14-22-13(20-3)8-24(14)7-11)12-6-21-23-18(12)16(10(2)25)17(9)19/h4-8,20H,1-3H3,(H,21,23). The van der Waals surface area contributed by atoms with Crippen molar-refractivity contribution in [1.82, 2.24) is 19.6 Å². The lowest BCUT2D eigenvalue weighted by atomic mass is 9.93. The monoisotopic (exact) mass is 337 g/mol. The number of nitrogens with zero attached hydrogens (tertiary/aromatic N) is 3. The minimum absolute atomic E-state index is 0.0509. The molecule has 0 saturated heterocycles. The predicted octanol–water partition coefficient (Wildman–Crippen LogP) is 3.57. The van der Waals surface area contributed by atoms with Crippen molar-refractivity contribution in [2.75, 3.05) is 12.4 Å². The van der Waals surface area contributed by atoms with E-state index in [1.165, 1.54) is 6.92 Å². The van der Waals surface area contributed by atoms with E-state index in [4.69, 9.17) is 0 Å². The molecule has 0 saturated carbocycles. The number of hydrogen-bond acceptors (Lipinski definition) is 4. The normalized spacial score (nSPS) is 11.4. The molecule has 0 fully saturated rings. The van der Waals surface area contributed by atoms with Crippen LogP contribution in [-0.4, -0.2) is 32.4 Å². The molecule has 0 aliphatic carbocycles. The molecule has 7 heteroatoms. The van der Waals surface area contributed by atoms with Crippen LogP contribution in [0.3, 0.4) is 0 Å². The maximum absolute atomic E-state index is 14.9. The first kappa shape index (κ1) is 15.3. The Balaban J connectivity index is 2.04. The highest BCUT2D eigenvalue weighted by Crippen LogP contribution is 2.35. The van der Waals surface area contributed by atoms with Crippen molar-refractivity contribution < 1.29 is 9.18 Å². The number of imidazole rings is 1. The fraction of sp³-hybridized carbons (Fsp3) is 0.167. The van der Waals surface area contributed by atoms with Crippen molar-refractivity contribution in [3.05, 3.63) is 47.7 Å². The van der Waals surface area contributed by atoms with Crippen LogP contribution >= 0.6 is 0 Å². The lowest BCUT2D eigenvalue weighted by Crippen LogP contribution is -2.03. The molecular formula is C18H16FN5O. The largest absolute Gasteiger partial charge is 0.372 e. The summed E-state index contributed by atoms with van der Waals surface area (Å²) in [7, 11) is 1.80. The Morgan fingerprint density at radius 2 is 2.12 bits per heavy atom. The first-order valence-corrected chi connectivity index (χ1v) is 7.84. The number of fused-ring (bicyclic) bond motifs is 2. The van der Waals surface area contributed by atoms with Gasteiger partial charge in [-0.15, -0.1) is 0 Å². The maximum atomic E-state index is 14.9. The second-order valence-electron chi connectivity index (χ2n) is 5.96. The van der Waals surface area contributed by atoms with E-state index in [0.29, 0.717) is 16.6 Å². The summed E-state index contributed by atoms with van der Waals surface area (Å²) in [5.41, 5.74) is 3.22. The zero-order valence-corrected chi connectivity index (χ0v) is 14.0. The predicted molar refractivity (Wildman–Crippen MR) is 94.5 cm³/mol. The quantitative estimate of drug-likeness (QED) is 0.561. The number of pyridine rings is 1. The van der Waals surface area contributed by atoms with Crippen molar-refractivity contribution in [1.29, 1.82) is 0 Å². The zero-order valence-electron chi connectivity index (χ0n) is 14.0. The van der Waals surface area contributed by atoms with Crippen molar-refractivity contribution >= 4 is 28.2 Å². The number of carbonyl (C=O) groups is 1. The number of nitrogens with one attached hydrogen (secondary N) is 2. The number of aromatic amines is 1. The smallest absolute Gasteiger partial charge is 0.164 e. The van der Waals surface area contributed by atoms with Crippen LogP contribution in [0.15, 0.2) is 30.7 Å². The second-order valence-corrected chi connectivity index (χ2v) is 5.96. The highest BCUT2D eigenvalue weighted by atomic mass is 19.1. The summed E-state index contributed by atoms with van der Waals surface area (Å²) in [6.07, 6.45) is 5.38. The van der Waals surface area contributed by atoms with Gasteiger partial charge in [-0.2, -0.15) is 5.10 Å². The number of anilines is 1. The lowest BCUT2D eigenvalue weighted by Gasteiger charge is -2.12. The Hall–Kier alpha value is -3.22. The van der Waals surface area contributed by atoms with Crippen LogP contribution in [0.4, 0.5) is 10.2 Å². The fourth-order valence-corrected chi connectivity index (χ4v) is 3.24. The second kappa shape index (κ2) is 5.41. The molecule has 0 amide bonds. The van der Waals surface area contributed by atoms with Gasteiger partial charge in [0.2, 0.25) is 0 Å². The van der Waals surface area contributed by atoms with Crippen LogP contribution in [0.5, 0.6) is 0 Å². The van der Waals surface area contributed by atoms with Gasteiger partial charge in [-0.05, 0) is 37.1 Å². The van der Waals surface area contributed by atoms with E-state index in [0.717, 1.165) is 22.4 Å². The number of rotatable bonds is 3. The molecule has 0 atom stereocenters. The number of H-pyrrole nitrogens is 1. The number of carbonyl (C=O) groups excluding carboxylic acids is 1. The van der Waals surface area contributed by atoms with Gasteiger partial charge in [-0.1, -0.05) is 0 Å². The van der Waals surface area contributed by atoms with E-state index in [1.54, 1.807) is 20.2 Å². The highest BCUT2D eigenvalue weighted by Gasteiger charge is 2.22. The van der Waals surface area contributed by atoms with Gasteiger partial charge in [0.15, 0.2) is 5.78 Å². The number of Topliss-reactive ketones (excluding diaryl/α,β-unsaturated/α-hetero) is 1. The molecule has 1 aromatic carbocycles. The molecule has 0 unspecified atom stereocenters. The van der Waals surface area contributed by atoms with Crippen LogP contribution in [0.1, 0.15) is 22.8 Å². The van der Waals surface area contributed by atoms with E-state index in [-0.39, 0.29) is 11.3 Å². The molecule has 0 radical (unpaired) electrons. The Morgan fingerprint density at radius 1 is 1.32 bits per heavy atom. The molecule has 4 aromatic rings. The Labute approximate surface area is 142 Å². The minimum Gasteiger partial charge on any atom is -0.372 e. The minimum atomic E-state index is -0.513. The Morgan fingerprint density at radius 3 is 2.84 bits per heavy atom. The third-order valence-electron chi connectivity index (χ3n) is 4.43. The Bertz CT molecular complexity index is 1140. The molecule has 0 aliphatic heterocycles. The van der Waals surface area contributed by atoms with Gasteiger partial charge in [0.05, 0.1) is 23.5 Å². The van der Waals surface area contributed by atoms with Gasteiger partial charge in [0.1, 0.15) is 17.3 Å². The molecule has 3 heterocycles. The van der Waals surface area contributed by atoms with Crippen LogP contribution in [0.2, 0.25) is 0 Å². The van der Waals surface area contributed by atoms with Gasteiger partial charge >= 0.3 is 0 Å². The molecule has 3 aromatic heterocycles. The average molecular weight is 337 g/mol. The van der Waals surface area contributed by atoms with Crippen LogP contribution < -0.4 is 5.32 Å². The molecule has 25 heavy (non-hydrogen) atoms.